The van der Waals surface area contributed by atoms with Crippen LogP contribution in [0.15, 0.2) is 24.3 Å². The fraction of sp³-hybridized carbons (Fsp3) is 0.667. The highest BCUT2D eigenvalue weighted by Crippen LogP contribution is 2.30. The molecule has 2 aliphatic rings. The van der Waals surface area contributed by atoms with Gasteiger partial charge in [-0.25, -0.2) is 0 Å². The Labute approximate surface area is 123 Å². The van der Waals surface area contributed by atoms with Crippen LogP contribution in [-0.4, -0.2) is 30.1 Å². The summed E-state index contributed by atoms with van der Waals surface area (Å²) < 4.78 is 0. The lowest BCUT2D eigenvalue weighted by atomic mass is 9.99. The van der Waals surface area contributed by atoms with E-state index >= 15 is 0 Å². The van der Waals surface area contributed by atoms with E-state index in [0.29, 0.717) is 18.0 Å². The smallest absolute Gasteiger partial charge is 0.0294 e. The van der Waals surface area contributed by atoms with Crippen molar-refractivity contribution in [2.45, 2.75) is 64.1 Å². The molecule has 2 heteroatoms. The van der Waals surface area contributed by atoms with Gasteiger partial charge in [0, 0.05) is 31.2 Å². The van der Waals surface area contributed by atoms with Gasteiger partial charge in [0.05, 0.1) is 0 Å². The van der Waals surface area contributed by atoms with Crippen molar-refractivity contribution >= 4 is 0 Å². The van der Waals surface area contributed by atoms with Crippen LogP contribution in [0.1, 0.15) is 63.1 Å². The van der Waals surface area contributed by atoms with E-state index in [9.17, 15) is 0 Å². The highest BCUT2D eigenvalue weighted by molar-refractivity contribution is 5.26. The van der Waals surface area contributed by atoms with E-state index in [1.165, 1.54) is 43.5 Å². The maximum atomic E-state index is 3.81. The van der Waals surface area contributed by atoms with E-state index in [4.69, 9.17) is 0 Å². The highest BCUT2D eigenvalue weighted by atomic mass is 15.2. The number of rotatable bonds is 5. The summed E-state index contributed by atoms with van der Waals surface area (Å²) in [5, 5.41) is 3.81. The first-order chi connectivity index (χ1) is 9.63. The first-order valence-electron chi connectivity index (χ1n) is 8.23. The van der Waals surface area contributed by atoms with Gasteiger partial charge in [0.25, 0.3) is 0 Å². The number of hydrogen-bond donors (Lipinski definition) is 1. The number of nitrogens with one attached hydrogen (secondary N) is 1. The zero-order valence-electron chi connectivity index (χ0n) is 13.1. The van der Waals surface area contributed by atoms with E-state index in [1.54, 1.807) is 0 Å². The highest BCUT2D eigenvalue weighted by Gasteiger charge is 2.34. The Morgan fingerprint density at radius 3 is 2.25 bits per heavy atom. The topological polar surface area (TPSA) is 15.3 Å². The summed E-state index contributed by atoms with van der Waals surface area (Å²) in [5.74, 6) is 0.620. The molecule has 2 unspecified atom stereocenters. The first kappa shape index (κ1) is 14.1. The van der Waals surface area contributed by atoms with Crippen molar-refractivity contribution in [2.75, 3.05) is 13.1 Å². The third-order valence-corrected chi connectivity index (χ3v) is 4.87. The number of nitrogens with zero attached hydrogens (tertiary/aromatic N) is 1. The van der Waals surface area contributed by atoms with Crippen LogP contribution in [0.5, 0.6) is 0 Å². The van der Waals surface area contributed by atoms with Crippen LogP contribution in [0.3, 0.4) is 0 Å². The maximum absolute atomic E-state index is 3.81. The largest absolute Gasteiger partial charge is 0.306 e. The van der Waals surface area contributed by atoms with E-state index in [-0.39, 0.29) is 0 Å². The summed E-state index contributed by atoms with van der Waals surface area (Å²) in [6.45, 7) is 9.34. The molecule has 110 valence electrons. The first-order valence-corrected chi connectivity index (χ1v) is 8.23. The Morgan fingerprint density at radius 2 is 1.65 bits per heavy atom. The minimum Gasteiger partial charge on any atom is -0.306 e. The molecule has 0 spiro atoms. The van der Waals surface area contributed by atoms with E-state index < -0.39 is 0 Å². The Bertz CT molecular complexity index is 433. The molecule has 1 saturated heterocycles. The van der Waals surface area contributed by atoms with Crippen molar-refractivity contribution in [3.63, 3.8) is 0 Å². The summed E-state index contributed by atoms with van der Waals surface area (Å²) in [6.07, 6.45) is 4.17. The molecule has 0 amide bonds. The molecule has 1 N–H and O–H groups in total. The number of likely N-dealkylation sites (tertiary alicyclic amines) is 1. The van der Waals surface area contributed by atoms with Crippen molar-refractivity contribution in [3.05, 3.63) is 35.4 Å². The molecule has 20 heavy (non-hydrogen) atoms. The minimum atomic E-state index is 0.459. The molecular formula is C18H28N2. The quantitative estimate of drug-likeness (QED) is 0.879. The minimum absolute atomic E-state index is 0.459. The van der Waals surface area contributed by atoms with Gasteiger partial charge in [-0.3, -0.25) is 4.90 Å². The van der Waals surface area contributed by atoms with Gasteiger partial charge in [-0.15, -0.1) is 0 Å². The van der Waals surface area contributed by atoms with Gasteiger partial charge in [-0.1, -0.05) is 38.1 Å². The second-order valence-corrected chi connectivity index (χ2v) is 6.92. The molecule has 1 aromatic carbocycles. The molecule has 1 aliphatic carbocycles. The Hall–Kier alpha value is -0.860. The lowest BCUT2D eigenvalue weighted by molar-refractivity contribution is 0.313. The van der Waals surface area contributed by atoms with Crippen LogP contribution in [0, 0.1) is 0 Å². The average Bonchev–Trinajstić information content (AvgIpc) is 3.20. The Morgan fingerprint density at radius 1 is 1.00 bits per heavy atom. The zero-order chi connectivity index (χ0) is 14.1. The predicted molar refractivity (Wildman–Crippen MR) is 85.1 cm³/mol. The van der Waals surface area contributed by atoms with Crippen molar-refractivity contribution in [1.82, 2.24) is 10.2 Å². The summed E-state index contributed by atoms with van der Waals surface area (Å²) in [7, 11) is 0. The lowest BCUT2D eigenvalue weighted by Gasteiger charge is -2.21. The van der Waals surface area contributed by atoms with Gasteiger partial charge in [0.1, 0.15) is 0 Å². The Balaban J connectivity index is 1.54. The van der Waals surface area contributed by atoms with Crippen LogP contribution in [-0.2, 0) is 0 Å². The zero-order valence-corrected chi connectivity index (χ0v) is 13.1. The van der Waals surface area contributed by atoms with Crippen LogP contribution >= 0.6 is 0 Å². The Kier molecular flexibility index (Phi) is 4.13. The van der Waals surface area contributed by atoms with Crippen LogP contribution in [0.25, 0.3) is 0 Å². The summed E-state index contributed by atoms with van der Waals surface area (Å²) in [4.78, 5) is 2.67. The molecule has 2 nitrogen and oxygen atoms in total. The van der Waals surface area contributed by atoms with Gasteiger partial charge >= 0.3 is 0 Å². The fourth-order valence-electron chi connectivity index (χ4n) is 3.31. The van der Waals surface area contributed by atoms with Gasteiger partial charge in [0.15, 0.2) is 0 Å². The van der Waals surface area contributed by atoms with Crippen LogP contribution in [0.2, 0.25) is 0 Å². The summed E-state index contributed by atoms with van der Waals surface area (Å²) in [6, 6.07) is 11.2. The average molecular weight is 272 g/mol. The van der Waals surface area contributed by atoms with Gasteiger partial charge in [0.2, 0.25) is 0 Å². The van der Waals surface area contributed by atoms with Crippen LogP contribution in [0.4, 0.5) is 0 Å². The molecule has 0 aromatic heterocycles. The second-order valence-electron chi connectivity index (χ2n) is 6.92. The molecule has 2 fully saturated rings. The molecule has 1 aromatic rings. The SMILES string of the molecule is CC(C)c1ccc(C(C)NC2CCN(C3CC3)C2)cc1. The van der Waals surface area contributed by atoms with Gasteiger partial charge in [-0.05, 0) is 43.2 Å². The number of hydrogen-bond acceptors (Lipinski definition) is 2. The molecule has 1 aliphatic heterocycles. The van der Waals surface area contributed by atoms with E-state index in [2.05, 4.69) is 55.3 Å². The molecule has 1 saturated carbocycles. The maximum Gasteiger partial charge on any atom is 0.0294 e. The van der Waals surface area contributed by atoms with Gasteiger partial charge < -0.3 is 5.32 Å². The normalized spacial score (nSPS) is 25.3. The fourth-order valence-corrected chi connectivity index (χ4v) is 3.31. The molecule has 1 heterocycles. The monoisotopic (exact) mass is 272 g/mol. The summed E-state index contributed by atoms with van der Waals surface area (Å²) >= 11 is 0. The van der Waals surface area contributed by atoms with Gasteiger partial charge in [-0.2, -0.15) is 0 Å². The van der Waals surface area contributed by atoms with E-state index in [1.807, 2.05) is 0 Å². The molecule has 0 radical (unpaired) electrons. The van der Waals surface area contributed by atoms with Crippen molar-refractivity contribution in [1.29, 1.82) is 0 Å². The number of benzene rings is 1. The van der Waals surface area contributed by atoms with Crippen molar-refractivity contribution < 1.29 is 0 Å². The molecule has 3 rings (SSSR count). The third kappa shape index (κ3) is 3.24. The second kappa shape index (κ2) is 5.87. The predicted octanol–water partition coefficient (Wildman–Crippen LogP) is 3.70. The standard InChI is InChI=1S/C18H28N2/c1-13(2)15-4-6-16(7-5-15)14(3)19-17-10-11-20(12-17)18-8-9-18/h4-7,13-14,17-19H,8-12H2,1-3H3. The van der Waals surface area contributed by atoms with Crippen LogP contribution < -0.4 is 5.32 Å². The third-order valence-electron chi connectivity index (χ3n) is 4.87. The van der Waals surface area contributed by atoms with Crippen molar-refractivity contribution in [3.8, 4) is 0 Å². The molecular weight excluding hydrogens is 244 g/mol. The summed E-state index contributed by atoms with van der Waals surface area (Å²) in [5.41, 5.74) is 2.85. The lowest BCUT2D eigenvalue weighted by Crippen LogP contribution is -2.34. The molecule has 0 bridgehead atoms. The van der Waals surface area contributed by atoms with E-state index in [0.717, 1.165) is 6.04 Å². The molecule has 2 atom stereocenters. The van der Waals surface area contributed by atoms with Crippen molar-refractivity contribution in [2.24, 2.45) is 0 Å².